The highest BCUT2D eigenvalue weighted by Gasteiger charge is 2.16. The van der Waals surface area contributed by atoms with Crippen molar-refractivity contribution in [1.29, 1.82) is 0 Å². The predicted octanol–water partition coefficient (Wildman–Crippen LogP) is 3.68. The molecule has 2 aromatic rings. The molecule has 0 bridgehead atoms. The molecule has 0 aliphatic carbocycles. The topological polar surface area (TPSA) is 21.3 Å². The summed E-state index contributed by atoms with van der Waals surface area (Å²) in [5, 5.41) is 5.43. The monoisotopic (exact) mass is 261 g/mol. The molecule has 1 aromatic carbocycles. The largest absolute Gasteiger partial charge is 0.496 e. The lowest BCUT2D eigenvalue weighted by atomic mass is 9.98. The molecular formula is C15H19NOS. The van der Waals surface area contributed by atoms with Gasteiger partial charge in [0, 0.05) is 10.3 Å². The lowest BCUT2D eigenvalue weighted by molar-refractivity contribution is 0.416. The van der Waals surface area contributed by atoms with Crippen LogP contribution in [0.4, 0.5) is 0 Å². The first-order chi connectivity index (χ1) is 8.65. The Kier molecular flexibility index (Phi) is 4.04. The fraction of sp³-hybridized carbons (Fsp3) is 0.333. The summed E-state index contributed by atoms with van der Waals surface area (Å²) in [6, 6.07) is 8.94. The minimum atomic E-state index is 0.236. The van der Waals surface area contributed by atoms with E-state index in [1.807, 2.05) is 12.4 Å². The van der Waals surface area contributed by atoms with Gasteiger partial charge in [-0.15, -0.1) is 11.3 Å². The molecule has 1 N–H and O–H groups in total. The van der Waals surface area contributed by atoms with Crippen molar-refractivity contribution in [2.45, 2.75) is 19.9 Å². The van der Waals surface area contributed by atoms with Crippen molar-refractivity contribution in [3.8, 4) is 5.75 Å². The van der Waals surface area contributed by atoms with Crippen LogP contribution in [0.2, 0.25) is 0 Å². The molecule has 1 heterocycles. The summed E-state index contributed by atoms with van der Waals surface area (Å²) in [6.45, 7) is 4.29. The molecule has 1 unspecified atom stereocenters. The predicted molar refractivity (Wildman–Crippen MR) is 77.7 cm³/mol. The van der Waals surface area contributed by atoms with Crippen LogP contribution in [0.1, 0.15) is 27.6 Å². The van der Waals surface area contributed by atoms with Crippen LogP contribution in [0.5, 0.6) is 5.75 Å². The Morgan fingerprint density at radius 3 is 2.56 bits per heavy atom. The van der Waals surface area contributed by atoms with Crippen LogP contribution in [-0.4, -0.2) is 14.2 Å². The van der Waals surface area contributed by atoms with Crippen LogP contribution in [0.3, 0.4) is 0 Å². The summed E-state index contributed by atoms with van der Waals surface area (Å²) in [7, 11) is 3.70. The van der Waals surface area contributed by atoms with Crippen molar-refractivity contribution >= 4 is 11.3 Å². The minimum absolute atomic E-state index is 0.236. The van der Waals surface area contributed by atoms with E-state index in [0.29, 0.717) is 0 Å². The van der Waals surface area contributed by atoms with Gasteiger partial charge in [-0.3, -0.25) is 0 Å². The molecule has 0 aliphatic heterocycles. The summed E-state index contributed by atoms with van der Waals surface area (Å²) in [5.41, 5.74) is 3.95. The van der Waals surface area contributed by atoms with Gasteiger partial charge in [0.2, 0.25) is 0 Å². The number of methoxy groups -OCH3 is 1. The maximum atomic E-state index is 5.26. The standard InChI is InChI=1S/C15H19NOS/c1-10-5-6-13(11(2)7-10)15(16-3)14-8-12(17-4)9-18-14/h5-9,15-16H,1-4H3. The van der Waals surface area contributed by atoms with Gasteiger partial charge in [-0.2, -0.15) is 0 Å². The SMILES string of the molecule is CNC(c1cc(OC)cs1)c1ccc(C)cc1C. The molecule has 2 nitrogen and oxygen atoms in total. The lowest BCUT2D eigenvalue weighted by Gasteiger charge is -2.18. The van der Waals surface area contributed by atoms with Crippen LogP contribution in [0, 0.1) is 13.8 Å². The molecule has 0 saturated heterocycles. The molecule has 1 atom stereocenters. The van der Waals surface area contributed by atoms with Gasteiger partial charge in [0.15, 0.2) is 0 Å². The third kappa shape index (κ3) is 2.57. The Bertz CT molecular complexity index is 533. The van der Waals surface area contributed by atoms with E-state index in [1.54, 1.807) is 18.4 Å². The van der Waals surface area contributed by atoms with Gasteiger partial charge >= 0.3 is 0 Å². The zero-order valence-corrected chi connectivity index (χ0v) is 12.1. The van der Waals surface area contributed by atoms with Gasteiger partial charge in [0.05, 0.1) is 13.2 Å². The van der Waals surface area contributed by atoms with Crippen molar-refractivity contribution in [3.63, 3.8) is 0 Å². The first-order valence-electron chi connectivity index (χ1n) is 6.02. The maximum Gasteiger partial charge on any atom is 0.129 e. The number of rotatable bonds is 4. The summed E-state index contributed by atoms with van der Waals surface area (Å²) in [5.74, 6) is 0.931. The number of ether oxygens (including phenoxy) is 1. The van der Waals surface area contributed by atoms with E-state index in [1.165, 1.54) is 21.6 Å². The quantitative estimate of drug-likeness (QED) is 0.906. The number of hydrogen-bond donors (Lipinski definition) is 1. The summed E-state index contributed by atoms with van der Waals surface area (Å²) in [6.07, 6.45) is 0. The molecule has 18 heavy (non-hydrogen) atoms. The third-order valence-corrected chi connectivity index (χ3v) is 4.12. The molecule has 3 heteroatoms. The highest BCUT2D eigenvalue weighted by Crippen LogP contribution is 2.32. The Morgan fingerprint density at radius 2 is 2.00 bits per heavy atom. The summed E-state index contributed by atoms with van der Waals surface area (Å²) >= 11 is 1.73. The molecule has 0 aliphatic rings. The van der Waals surface area contributed by atoms with Gasteiger partial charge in [-0.05, 0) is 38.1 Å². The fourth-order valence-electron chi connectivity index (χ4n) is 2.19. The first kappa shape index (κ1) is 13.1. The zero-order valence-electron chi connectivity index (χ0n) is 11.3. The van der Waals surface area contributed by atoms with Crippen molar-refractivity contribution in [3.05, 3.63) is 51.2 Å². The lowest BCUT2D eigenvalue weighted by Crippen LogP contribution is -2.17. The van der Waals surface area contributed by atoms with E-state index < -0.39 is 0 Å². The average molecular weight is 261 g/mol. The Morgan fingerprint density at radius 1 is 1.22 bits per heavy atom. The molecule has 2 rings (SSSR count). The van der Waals surface area contributed by atoms with Crippen molar-refractivity contribution in [2.75, 3.05) is 14.2 Å². The number of hydrogen-bond acceptors (Lipinski definition) is 3. The van der Waals surface area contributed by atoms with E-state index in [-0.39, 0.29) is 6.04 Å². The van der Waals surface area contributed by atoms with Crippen molar-refractivity contribution in [2.24, 2.45) is 0 Å². The van der Waals surface area contributed by atoms with Gasteiger partial charge in [-0.25, -0.2) is 0 Å². The zero-order chi connectivity index (χ0) is 13.1. The number of thiophene rings is 1. The fourth-order valence-corrected chi connectivity index (χ4v) is 3.17. The first-order valence-corrected chi connectivity index (χ1v) is 6.90. The van der Waals surface area contributed by atoms with Crippen LogP contribution in [0.25, 0.3) is 0 Å². The Hall–Kier alpha value is -1.32. The highest BCUT2D eigenvalue weighted by atomic mass is 32.1. The van der Waals surface area contributed by atoms with E-state index in [9.17, 15) is 0 Å². The van der Waals surface area contributed by atoms with E-state index >= 15 is 0 Å². The van der Waals surface area contributed by atoms with Crippen LogP contribution < -0.4 is 10.1 Å². The highest BCUT2D eigenvalue weighted by molar-refractivity contribution is 7.10. The van der Waals surface area contributed by atoms with Crippen molar-refractivity contribution in [1.82, 2.24) is 5.32 Å². The molecule has 0 fully saturated rings. The van der Waals surface area contributed by atoms with E-state index in [2.05, 4.69) is 43.4 Å². The Labute approximate surface area is 113 Å². The summed E-state index contributed by atoms with van der Waals surface area (Å²) < 4.78 is 5.26. The van der Waals surface area contributed by atoms with Gasteiger partial charge in [-0.1, -0.05) is 23.8 Å². The minimum Gasteiger partial charge on any atom is -0.496 e. The molecule has 96 valence electrons. The molecule has 1 aromatic heterocycles. The van der Waals surface area contributed by atoms with Crippen LogP contribution in [0.15, 0.2) is 29.6 Å². The maximum absolute atomic E-state index is 5.26. The van der Waals surface area contributed by atoms with Gasteiger partial charge in [0.25, 0.3) is 0 Å². The number of aryl methyl sites for hydroxylation is 2. The molecule has 0 radical (unpaired) electrons. The second-order valence-electron chi connectivity index (χ2n) is 4.47. The Balaban J connectivity index is 2.38. The van der Waals surface area contributed by atoms with E-state index in [4.69, 9.17) is 4.74 Å². The van der Waals surface area contributed by atoms with Crippen molar-refractivity contribution < 1.29 is 4.74 Å². The summed E-state index contributed by atoms with van der Waals surface area (Å²) in [4.78, 5) is 1.28. The normalized spacial score (nSPS) is 12.4. The van der Waals surface area contributed by atoms with Gasteiger partial charge < -0.3 is 10.1 Å². The number of benzene rings is 1. The van der Waals surface area contributed by atoms with Crippen LogP contribution in [-0.2, 0) is 0 Å². The van der Waals surface area contributed by atoms with Crippen LogP contribution >= 0.6 is 11.3 Å². The smallest absolute Gasteiger partial charge is 0.129 e. The second-order valence-corrected chi connectivity index (χ2v) is 5.41. The molecular weight excluding hydrogens is 242 g/mol. The van der Waals surface area contributed by atoms with Gasteiger partial charge in [0.1, 0.15) is 5.75 Å². The van der Waals surface area contributed by atoms with E-state index in [0.717, 1.165) is 5.75 Å². The second kappa shape index (κ2) is 5.55. The molecule has 0 amide bonds. The molecule has 0 saturated carbocycles. The average Bonchev–Trinajstić information content (AvgIpc) is 2.81. The third-order valence-electron chi connectivity index (χ3n) is 3.14. The number of nitrogens with one attached hydrogen (secondary N) is 1. The molecule has 0 spiro atoms.